The number of nitrogens with two attached hydrogens (primary N) is 2. The van der Waals surface area contributed by atoms with Gasteiger partial charge in [0.05, 0.1) is 26.3 Å². The minimum atomic E-state index is -2.20. The van der Waals surface area contributed by atoms with Gasteiger partial charge in [0.15, 0.2) is 23.2 Å². The first-order valence-electron chi connectivity index (χ1n) is 19.6. The Morgan fingerprint density at radius 1 is 1.00 bits per heavy atom. The second-order valence-corrected chi connectivity index (χ2v) is 15.9. The molecule has 58 heavy (non-hydrogen) atoms. The number of carbonyl (C=O) groups excluding carboxylic acids is 1. The molecule has 1 spiro atoms. The number of hydrogen-bond donors (Lipinski definition) is 7. The molecule has 1 aromatic heterocycles. The summed E-state index contributed by atoms with van der Waals surface area (Å²) in [6, 6.07) is 13.6. The minimum Gasteiger partial charge on any atom is -0.493 e. The lowest BCUT2D eigenvalue weighted by atomic mass is 9.67. The van der Waals surface area contributed by atoms with Crippen molar-refractivity contribution in [2.75, 3.05) is 14.2 Å². The fourth-order valence-electron chi connectivity index (χ4n) is 10.0. The number of aliphatic carboxylic acids is 1. The molecule has 0 radical (unpaired) electrons. The van der Waals surface area contributed by atoms with Crippen molar-refractivity contribution in [1.82, 2.24) is 4.98 Å². The average Bonchev–Trinajstić information content (AvgIpc) is 3.78. The standard InChI is InChI=1S/C42H47N3O13/c1-52-24-11-10-21-31-35(56-33(21)34(24)53-2)30-26(58-41(31)13-6-3-7-14-41)16-25-20(29(30)22-18-45-23-9-5-4-8-19(22)23)12-15-42(51)38(50)32(49)36(57-40(42)54-25)37(39(43)44)55-28(48)17-27(46)47/h4-5,8-11,16,18,31-32,35-40,45,49-51H,3,6-7,12-15,17,43-44H2,1-2H3,(H,46,47). The number of ether oxygens (including phenoxy) is 7. The average molecular weight is 802 g/mol. The van der Waals surface area contributed by atoms with Crippen LogP contribution in [-0.2, 0) is 25.5 Å². The molecule has 4 aromatic rings. The number of H-pyrrole nitrogens is 1. The number of esters is 1. The maximum atomic E-state index is 12.5. The number of hydrogen-bond acceptors (Lipinski definition) is 14. The lowest BCUT2D eigenvalue weighted by Gasteiger charge is -2.49. The van der Waals surface area contributed by atoms with E-state index in [1.54, 1.807) is 20.3 Å². The summed E-state index contributed by atoms with van der Waals surface area (Å²) in [4.78, 5) is 27.1. The number of carboxylic acids is 1. The van der Waals surface area contributed by atoms with Crippen molar-refractivity contribution in [2.45, 2.75) is 111 Å². The minimum absolute atomic E-state index is 0.141. The van der Waals surface area contributed by atoms with Crippen molar-refractivity contribution in [3.05, 3.63) is 65.4 Å². The molecule has 8 unspecified atom stereocenters. The molecule has 0 bridgehead atoms. The lowest BCUT2D eigenvalue weighted by Crippen LogP contribution is -2.71. The Morgan fingerprint density at radius 3 is 2.50 bits per heavy atom. The van der Waals surface area contributed by atoms with Gasteiger partial charge in [-0.3, -0.25) is 9.59 Å². The van der Waals surface area contributed by atoms with Crippen LogP contribution in [0.3, 0.4) is 0 Å². The predicted molar refractivity (Wildman–Crippen MR) is 205 cm³/mol. The van der Waals surface area contributed by atoms with Gasteiger partial charge in [0.1, 0.15) is 47.9 Å². The molecule has 1 saturated heterocycles. The van der Waals surface area contributed by atoms with Crippen LogP contribution in [0.5, 0.6) is 28.7 Å². The van der Waals surface area contributed by atoms with Crippen LogP contribution < -0.4 is 35.2 Å². The number of aliphatic hydroxyl groups is 3. The number of benzene rings is 3. The van der Waals surface area contributed by atoms with Crippen molar-refractivity contribution in [3.8, 4) is 39.9 Å². The Balaban J connectivity index is 1.22. The fraction of sp³-hybridized carbons (Fsp3) is 0.476. The summed E-state index contributed by atoms with van der Waals surface area (Å²) >= 11 is 0. The number of methoxy groups -OCH3 is 2. The van der Waals surface area contributed by atoms with Crippen LogP contribution in [0.2, 0.25) is 0 Å². The molecular weight excluding hydrogens is 754 g/mol. The summed E-state index contributed by atoms with van der Waals surface area (Å²) in [7, 11) is 3.17. The highest BCUT2D eigenvalue weighted by Gasteiger charge is 2.61. The highest BCUT2D eigenvalue weighted by Crippen LogP contribution is 2.66. The number of nitrogens with one attached hydrogen (secondary N) is 1. The van der Waals surface area contributed by atoms with Crippen LogP contribution in [0, 0.1) is 0 Å². The molecule has 1 saturated carbocycles. The molecule has 8 atom stereocenters. The van der Waals surface area contributed by atoms with Gasteiger partial charge in [-0.1, -0.05) is 30.7 Å². The maximum absolute atomic E-state index is 12.5. The van der Waals surface area contributed by atoms with E-state index in [1.807, 2.05) is 42.6 Å². The summed E-state index contributed by atoms with van der Waals surface area (Å²) in [6.07, 6.45) is -5.28. The van der Waals surface area contributed by atoms with E-state index >= 15 is 0 Å². The van der Waals surface area contributed by atoms with Gasteiger partial charge in [-0.2, -0.15) is 0 Å². The topological polar surface area (TPSA) is 248 Å². The van der Waals surface area contributed by atoms with Crippen molar-refractivity contribution in [3.63, 3.8) is 0 Å². The molecular formula is C42H47N3O13. The molecule has 5 aliphatic rings. The number of rotatable bonds is 8. The first-order chi connectivity index (χ1) is 27.9. The van der Waals surface area contributed by atoms with E-state index in [1.165, 1.54) is 0 Å². The van der Waals surface area contributed by atoms with Crippen molar-refractivity contribution in [2.24, 2.45) is 11.5 Å². The Morgan fingerprint density at radius 2 is 1.78 bits per heavy atom. The fourth-order valence-corrected chi connectivity index (χ4v) is 10.0. The largest absolute Gasteiger partial charge is 0.493 e. The van der Waals surface area contributed by atoms with E-state index in [0.717, 1.165) is 65.3 Å². The second kappa shape index (κ2) is 14.3. The molecule has 1 aliphatic carbocycles. The zero-order valence-electron chi connectivity index (χ0n) is 32.0. The summed E-state index contributed by atoms with van der Waals surface area (Å²) in [5.74, 6) is -0.451. The second-order valence-electron chi connectivity index (χ2n) is 15.9. The quantitative estimate of drug-likeness (QED) is 0.0768. The summed E-state index contributed by atoms with van der Waals surface area (Å²) in [6.45, 7) is 0. The lowest BCUT2D eigenvalue weighted by molar-refractivity contribution is -0.329. The van der Waals surface area contributed by atoms with Gasteiger partial charge in [0.2, 0.25) is 12.0 Å². The number of carbonyl (C=O) groups is 2. The monoisotopic (exact) mass is 801 g/mol. The summed E-state index contributed by atoms with van der Waals surface area (Å²) in [5, 5.41) is 45.4. The molecule has 16 nitrogen and oxygen atoms in total. The van der Waals surface area contributed by atoms with Crippen molar-refractivity contribution < 1.29 is 63.2 Å². The Hall–Kier alpha value is -5.10. The number of aromatic nitrogens is 1. The third kappa shape index (κ3) is 5.87. The van der Waals surface area contributed by atoms with Crippen LogP contribution in [0.4, 0.5) is 0 Å². The van der Waals surface area contributed by atoms with Gasteiger partial charge in [0.25, 0.3) is 0 Å². The van der Waals surface area contributed by atoms with Crippen molar-refractivity contribution in [1.29, 1.82) is 0 Å². The summed E-state index contributed by atoms with van der Waals surface area (Å²) in [5.41, 5.74) is 13.9. The predicted octanol–water partition coefficient (Wildman–Crippen LogP) is 3.30. The van der Waals surface area contributed by atoms with E-state index in [-0.39, 0.29) is 24.5 Å². The van der Waals surface area contributed by atoms with E-state index in [2.05, 4.69) is 4.98 Å². The number of aromatic amines is 1. The van der Waals surface area contributed by atoms with Crippen LogP contribution >= 0.6 is 0 Å². The zero-order valence-corrected chi connectivity index (χ0v) is 32.0. The summed E-state index contributed by atoms with van der Waals surface area (Å²) < 4.78 is 44.1. The molecule has 9 N–H and O–H groups in total. The molecule has 9 rings (SSSR count). The third-order valence-electron chi connectivity index (χ3n) is 12.7. The van der Waals surface area contributed by atoms with Crippen LogP contribution in [0.15, 0.2) is 48.7 Å². The van der Waals surface area contributed by atoms with Gasteiger partial charge in [-0.25, -0.2) is 0 Å². The highest BCUT2D eigenvalue weighted by molar-refractivity contribution is 5.98. The third-order valence-corrected chi connectivity index (χ3v) is 12.7. The van der Waals surface area contributed by atoms with Crippen LogP contribution in [0.25, 0.3) is 22.0 Å². The number of carboxylic acid groups (broad SMARTS) is 1. The molecule has 0 amide bonds. The van der Waals surface area contributed by atoms with E-state index in [9.17, 15) is 24.9 Å². The van der Waals surface area contributed by atoms with E-state index in [0.29, 0.717) is 28.6 Å². The van der Waals surface area contributed by atoms with Gasteiger partial charge in [0, 0.05) is 51.0 Å². The number of aliphatic hydroxyl groups excluding tert-OH is 2. The first-order valence-corrected chi connectivity index (χ1v) is 19.6. The normalized spacial score (nSPS) is 28.3. The first kappa shape index (κ1) is 38.4. The molecule has 5 heterocycles. The maximum Gasteiger partial charge on any atom is 0.317 e. The molecule has 2 fully saturated rings. The van der Waals surface area contributed by atoms with E-state index < -0.39 is 72.5 Å². The number of para-hydroxylation sites is 1. The molecule has 308 valence electrons. The SMILES string of the molecule is COc1ccc2c(c1OC)OC1c3c(cc4c(c3-c3c[nH]c5ccccc35)CCC3(O)C(O4)OC(C(OC(=O)CC(=O)O)C(N)N)C(O)C3O)OC3(CCCCC3)C21. The van der Waals surface area contributed by atoms with Gasteiger partial charge >= 0.3 is 11.9 Å². The smallest absolute Gasteiger partial charge is 0.317 e. The Labute approximate surface area is 332 Å². The van der Waals surface area contributed by atoms with Gasteiger partial charge in [-0.15, -0.1) is 0 Å². The van der Waals surface area contributed by atoms with Crippen LogP contribution in [0.1, 0.15) is 73.7 Å². The molecule has 3 aromatic carbocycles. The highest BCUT2D eigenvalue weighted by atomic mass is 16.7. The van der Waals surface area contributed by atoms with Gasteiger partial charge < -0.3 is 70.0 Å². The van der Waals surface area contributed by atoms with Crippen molar-refractivity contribution >= 4 is 22.8 Å². The molecule has 4 aliphatic heterocycles. The number of fused-ring (bicyclic) bond motifs is 9. The van der Waals surface area contributed by atoms with Gasteiger partial charge in [-0.05, 0) is 50.7 Å². The zero-order chi connectivity index (χ0) is 40.7. The molecule has 16 heteroatoms. The van der Waals surface area contributed by atoms with E-state index in [4.69, 9.17) is 49.7 Å². The Kier molecular flexibility index (Phi) is 9.49. The van der Waals surface area contributed by atoms with Crippen LogP contribution in [-0.4, -0.2) is 99.6 Å². The Bertz CT molecular complexity index is 2270.